The summed E-state index contributed by atoms with van der Waals surface area (Å²) >= 11 is 0. The van der Waals surface area contributed by atoms with Crippen molar-refractivity contribution in [1.82, 2.24) is 9.55 Å². The molecule has 2 aromatic heterocycles. The average molecular weight is 268 g/mol. The van der Waals surface area contributed by atoms with Crippen LogP contribution in [0.25, 0.3) is 16.9 Å². The van der Waals surface area contributed by atoms with Gasteiger partial charge in [0.05, 0.1) is 22.9 Å². The topological polar surface area (TPSA) is 50.9 Å². The van der Waals surface area contributed by atoms with Gasteiger partial charge in [-0.15, -0.1) is 0 Å². The third kappa shape index (κ3) is 1.74. The second-order valence-corrected chi connectivity index (χ2v) is 3.91. The maximum absolute atomic E-state index is 12.8. The lowest BCUT2D eigenvalue weighted by molar-refractivity contribution is -0.136. The molecule has 0 saturated carbocycles. The van der Waals surface area contributed by atoms with E-state index in [1.807, 2.05) is 0 Å². The zero-order valence-corrected chi connectivity index (χ0v) is 9.36. The predicted molar refractivity (Wildman–Crippen MR) is 61.2 cm³/mol. The Balaban J connectivity index is 2.39. The molecule has 98 valence electrons. The minimum Gasteiger partial charge on any atom is -0.448 e. The van der Waals surface area contributed by atoms with Crippen LogP contribution in [0.3, 0.4) is 0 Å². The molecule has 2 heterocycles. The molecule has 0 aliphatic carbocycles. The molecule has 0 bridgehead atoms. The third-order valence-corrected chi connectivity index (χ3v) is 2.75. The van der Waals surface area contributed by atoms with Gasteiger partial charge >= 0.3 is 11.9 Å². The number of halogens is 3. The van der Waals surface area contributed by atoms with Crippen molar-refractivity contribution in [2.45, 2.75) is 6.18 Å². The van der Waals surface area contributed by atoms with Crippen LogP contribution < -0.4 is 5.69 Å². The molecule has 0 radical (unpaired) electrons. The van der Waals surface area contributed by atoms with Crippen LogP contribution in [0.2, 0.25) is 0 Å². The highest BCUT2D eigenvalue weighted by Crippen LogP contribution is 2.33. The smallest absolute Gasteiger partial charge is 0.418 e. The van der Waals surface area contributed by atoms with E-state index in [1.165, 1.54) is 24.5 Å². The minimum absolute atomic E-state index is 0.120. The molecule has 3 aromatic rings. The number of alkyl halides is 3. The predicted octanol–water partition coefficient (Wildman–Crippen LogP) is 2.93. The SMILES string of the molecule is O=c1[nH]c2c(C(F)(F)F)cccc2n1-c1ccco1. The Kier molecular flexibility index (Phi) is 2.31. The van der Waals surface area contributed by atoms with Gasteiger partial charge in [-0.2, -0.15) is 13.2 Å². The molecular weight excluding hydrogens is 261 g/mol. The molecule has 0 unspecified atom stereocenters. The molecule has 7 heteroatoms. The van der Waals surface area contributed by atoms with Gasteiger partial charge in [-0.25, -0.2) is 9.36 Å². The summed E-state index contributed by atoms with van der Waals surface area (Å²) in [5.41, 5.74) is -1.69. The summed E-state index contributed by atoms with van der Waals surface area (Å²) in [6.45, 7) is 0. The lowest BCUT2D eigenvalue weighted by Gasteiger charge is -2.07. The molecule has 4 nitrogen and oxygen atoms in total. The number of nitrogens with one attached hydrogen (secondary N) is 1. The number of aromatic amines is 1. The van der Waals surface area contributed by atoms with Gasteiger partial charge in [0.2, 0.25) is 5.88 Å². The molecule has 0 spiro atoms. The molecule has 3 rings (SSSR count). The molecule has 19 heavy (non-hydrogen) atoms. The molecule has 1 N–H and O–H groups in total. The van der Waals surface area contributed by atoms with E-state index in [1.54, 1.807) is 6.07 Å². The van der Waals surface area contributed by atoms with Crippen molar-refractivity contribution in [1.29, 1.82) is 0 Å². The number of aromatic nitrogens is 2. The first-order chi connectivity index (χ1) is 8.98. The van der Waals surface area contributed by atoms with Gasteiger partial charge < -0.3 is 9.40 Å². The fraction of sp³-hybridized carbons (Fsp3) is 0.0833. The maximum Gasteiger partial charge on any atom is 0.418 e. The molecule has 0 aliphatic rings. The van der Waals surface area contributed by atoms with E-state index in [4.69, 9.17) is 4.42 Å². The van der Waals surface area contributed by atoms with Crippen molar-refractivity contribution in [3.63, 3.8) is 0 Å². The first kappa shape index (κ1) is 11.6. The number of rotatable bonds is 1. The molecule has 0 aliphatic heterocycles. The van der Waals surface area contributed by atoms with Gasteiger partial charge in [-0.1, -0.05) is 6.07 Å². The van der Waals surface area contributed by atoms with Crippen LogP contribution in [0, 0.1) is 0 Å². The van der Waals surface area contributed by atoms with E-state index in [0.29, 0.717) is 0 Å². The van der Waals surface area contributed by atoms with Crippen LogP contribution >= 0.6 is 0 Å². The van der Waals surface area contributed by atoms with Crippen molar-refractivity contribution in [3.8, 4) is 5.88 Å². The zero-order chi connectivity index (χ0) is 13.6. The Hall–Kier alpha value is -2.44. The van der Waals surface area contributed by atoms with Crippen molar-refractivity contribution < 1.29 is 17.6 Å². The van der Waals surface area contributed by atoms with E-state index in [-0.39, 0.29) is 16.9 Å². The van der Waals surface area contributed by atoms with E-state index >= 15 is 0 Å². The standard InChI is InChI=1S/C12H7F3N2O2/c13-12(14,15)7-3-1-4-8-10(7)16-11(18)17(8)9-5-2-6-19-9/h1-6H,(H,16,18). The Morgan fingerprint density at radius 2 is 1.95 bits per heavy atom. The highest BCUT2D eigenvalue weighted by Gasteiger charge is 2.34. The normalized spacial score (nSPS) is 12.2. The molecule has 0 saturated heterocycles. The summed E-state index contributed by atoms with van der Waals surface area (Å²) in [5.74, 6) is 0.163. The first-order valence-electron chi connectivity index (χ1n) is 5.33. The van der Waals surface area contributed by atoms with Gasteiger partial charge in [0.15, 0.2) is 0 Å². The zero-order valence-electron chi connectivity index (χ0n) is 9.36. The summed E-state index contributed by atoms with van der Waals surface area (Å²) in [7, 11) is 0. The average Bonchev–Trinajstić information content (AvgIpc) is 2.92. The summed E-state index contributed by atoms with van der Waals surface area (Å²) < 4.78 is 44.7. The largest absolute Gasteiger partial charge is 0.448 e. The quantitative estimate of drug-likeness (QED) is 0.737. The highest BCUT2D eigenvalue weighted by atomic mass is 19.4. The van der Waals surface area contributed by atoms with Gasteiger partial charge in [-0.05, 0) is 18.2 Å². The van der Waals surface area contributed by atoms with Crippen LogP contribution in [0.5, 0.6) is 0 Å². The van der Waals surface area contributed by atoms with Crippen LogP contribution in [-0.4, -0.2) is 9.55 Å². The molecule has 0 fully saturated rings. The lowest BCUT2D eigenvalue weighted by Crippen LogP contribution is -2.13. The molecule has 0 atom stereocenters. The van der Waals surface area contributed by atoms with Crippen molar-refractivity contribution in [3.05, 3.63) is 52.6 Å². The van der Waals surface area contributed by atoms with Gasteiger partial charge in [0, 0.05) is 6.07 Å². The Labute approximate surface area is 104 Å². The van der Waals surface area contributed by atoms with Crippen molar-refractivity contribution in [2.75, 3.05) is 0 Å². The maximum atomic E-state index is 12.8. The Morgan fingerprint density at radius 1 is 1.16 bits per heavy atom. The van der Waals surface area contributed by atoms with Crippen molar-refractivity contribution >= 4 is 11.0 Å². The molecular formula is C12H7F3N2O2. The summed E-state index contributed by atoms with van der Waals surface area (Å²) in [6, 6.07) is 6.64. The summed E-state index contributed by atoms with van der Waals surface area (Å²) in [5, 5.41) is 0. The number of furan rings is 1. The number of H-pyrrole nitrogens is 1. The number of imidazole rings is 1. The summed E-state index contributed by atoms with van der Waals surface area (Å²) in [4.78, 5) is 14.0. The van der Waals surface area contributed by atoms with E-state index < -0.39 is 17.4 Å². The second-order valence-electron chi connectivity index (χ2n) is 3.91. The summed E-state index contributed by atoms with van der Waals surface area (Å²) in [6.07, 6.45) is -3.19. The number of fused-ring (bicyclic) bond motifs is 1. The number of nitrogens with zero attached hydrogens (tertiary/aromatic N) is 1. The van der Waals surface area contributed by atoms with Crippen molar-refractivity contribution in [2.24, 2.45) is 0 Å². The van der Waals surface area contributed by atoms with E-state index in [9.17, 15) is 18.0 Å². The highest BCUT2D eigenvalue weighted by molar-refractivity contribution is 5.80. The fourth-order valence-corrected chi connectivity index (χ4v) is 1.98. The lowest BCUT2D eigenvalue weighted by atomic mass is 10.2. The van der Waals surface area contributed by atoms with E-state index in [2.05, 4.69) is 4.98 Å². The molecule has 1 aromatic carbocycles. The number of para-hydroxylation sites is 1. The Bertz CT molecular complexity index is 782. The Morgan fingerprint density at radius 3 is 2.58 bits per heavy atom. The van der Waals surface area contributed by atoms with Crippen LogP contribution in [0.4, 0.5) is 13.2 Å². The first-order valence-corrected chi connectivity index (χ1v) is 5.33. The number of hydrogen-bond acceptors (Lipinski definition) is 2. The van der Waals surface area contributed by atoms with Crippen LogP contribution in [-0.2, 0) is 6.18 Å². The number of benzene rings is 1. The van der Waals surface area contributed by atoms with Crippen LogP contribution in [0.1, 0.15) is 5.56 Å². The second kappa shape index (κ2) is 3.78. The van der Waals surface area contributed by atoms with Crippen LogP contribution in [0.15, 0.2) is 45.8 Å². The monoisotopic (exact) mass is 268 g/mol. The number of hydrogen-bond donors (Lipinski definition) is 1. The fourth-order valence-electron chi connectivity index (χ4n) is 1.98. The molecule has 0 amide bonds. The van der Waals surface area contributed by atoms with Gasteiger partial charge in [-0.3, -0.25) is 0 Å². The van der Waals surface area contributed by atoms with E-state index in [0.717, 1.165) is 10.6 Å². The minimum atomic E-state index is -4.53. The van der Waals surface area contributed by atoms with Gasteiger partial charge in [0.25, 0.3) is 0 Å². The third-order valence-electron chi connectivity index (χ3n) is 2.75. The van der Waals surface area contributed by atoms with Gasteiger partial charge in [0.1, 0.15) is 0 Å².